The minimum absolute atomic E-state index is 0.00587. The average molecular weight is 369 g/mol. The zero-order valence-corrected chi connectivity index (χ0v) is 14.7. The van der Waals surface area contributed by atoms with E-state index in [0.717, 1.165) is 0 Å². The van der Waals surface area contributed by atoms with Crippen molar-refractivity contribution in [2.75, 3.05) is 5.73 Å². The SMILES string of the molecule is CC[C@H]1O[C@@H](n2cnc3c(=O)[nH]c(N)nc32)CC1OC(=O)c1ccccc1. The number of nitrogens with two attached hydrogens (primary N) is 1. The maximum Gasteiger partial charge on any atom is 0.338 e. The molecule has 3 N–H and O–H groups in total. The van der Waals surface area contributed by atoms with Crippen LogP contribution in [0.4, 0.5) is 5.95 Å². The van der Waals surface area contributed by atoms with E-state index in [4.69, 9.17) is 15.2 Å². The van der Waals surface area contributed by atoms with Gasteiger partial charge in [-0.05, 0) is 18.6 Å². The Bertz CT molecular complexity index is 1030. The zero-order chi connectivity index (χ0) is 19.0. The first-order chi connectivity index (χ1) is 13.1. The number of hydrogen-bond donors (Lipinski definition) is 2. The first kappa shape index (κ1) is 17.2. The Morgan fingerprint density at radius 3 is 2.93 bits per heavy atom. The van der Waals surface area contributed by atoms with E-state index in [1.54, 1.807) is 28.8 Å². The lowest BCUT2D eigenvalue weighted by Gasteiger charge is -2.17. The van der Waals surface area contributed by atoms with Crippen molar-refractivity contribution < 1.29 is 14.3 Å². The van der Waals surface area contributed by atoms with Gasteiger partial charge in [-0.2, -0.15) is 4.98 Å². The second kappa shape index (κ2) is 6.84. The Morgan fingerprint density at radius 1 is 1.41 bits per heavy atom. The van der Waals surface area contributed by atoms with Gasteiger partial charge in [0.05, 0.1) is 18.0 Å². The maximum absolute atomic E-state index is 12.4. The molecule has 140 valence electrons. The largest absolute Gasteiger partial charge is 0.456 e. The monoisotopic (exact) mass is 369 g/mol. The molecule has 1 unspecified atom stereocenters. The fourth-order valence-electron chi connectivity index (χ4n) is 3.29. The van der Waals surface area contributed by atoms with Gasteiger partial charge in [-0.15, -0.1) is 0 Å². The molecule has 9 nitrogen and oxygen atoms in total. The quantitative estimate of drug-likeness (QED) is 0.669. The van der Waals surface area contributed by atoms with Crippen molar-refractivity contribution >= 4 is 23.1 Å². The molecule has 1 saturated heterocycles. The third-order valence-electron chi connectivity index (χ3n) is 4.61. The highest BCUT2D eigenvalue weighted by Crippen LogP contribution is 2.34. The summed E-state index contributed by atoms with van der Waals surface area (Å²) in [6.07, 6.45) is 1.46. The van der Waals surface area contributed by atoms with Gasteiger partial charge < -0.3 is 15.2 Å². The number of fused-ring (bicyclic) bond motifs is 1. The summed E-state index contributed by atoms with van der Waals surface area (Å²) in [5.74, 6) is -0.385. The molecular formula is C18H19N5O4. The van der Waals surface area contributed by atoms with E-state index in [9.17, 15) is 9.59 Å². The van der Waals surface area contributed by atoms with Crippen LogP contribution in [0.15, 0.2) is 41.5 Å². The van der Waals surface area contributed by atoms with Crippen molar-refractivity contribution in [3.8, 4) is 0 Å². The van der Waals surface area contributed by atoms with E-state index in [-0.39, 0.29) is 17.6 Å². The van der Waals surface area contributed by atoms with Gasteiger partial charge in [-0.25, -0.2) is 9.78 Å². The average Bonchev–Trinajstić information content (AvgIpc) is 3.26. The van der Waals surface area contributed by atoms with Gasteiger partial charge in [-0.1, -0.05) is 25.1 Å². The number of imidazole rings is 1. The minimum Gasteiger partial charge on any atom is -0.456 e. The molecule has 1 aromatic carbocycles. The van der Waals surface area contributed by atoms with Crippen molar-refractivity contribution in [1.29, 1.82) is 0 Å². The Hall–Kier alpha value is -3.20. The highest BCUT2D eigenvalue weighted by molar-refractivity contribution is 5.89. The second-order valence-electron chi connectivity index (χ2n) is 6.36. The number of rotatable bonds is 4. The summed E-state index contributed by atoms with van der Waals surface area (Å²) >= 11 is 0. The van der Waals surface area contributed by atoms with Gasteiger partial charge in [0, 0.05) is 6.42 Å². The number of H-pyrrole nitrogens is 1. The summed E-state index contributed by atoms with van der Waals surface area (Å²) < 4.78 is 13.4. The van der Waals surface area contributed by atoms with Crippen molar-refractivity contribution in [3.63, 3.8) is 0 Å². The number of aromatic nitrogens is 4. The van der Waals surface area contributed by atoms with Crippen molar-refractivity contribution in [1.82, 2.24) is 19.5 Å². The Morgan fingerprint density at radius 2 is 2.19 bits per heavy atom. The number of hydrogen-bond acceptors (Lipinski definition) is 7. The van der Waals surface area contributed by atoms with E-state index in [1.807, 2.05) is 13.0 Å². The lowest BCUT2D eigenvalue weighted by atomic mass is 10.1. The third kappa shape index (κ3) is 3.17. The molecule has 4 rings (SSSR count). The molecule has 2 aromatic heterocycles. The van der Waals surface area contributed by atoms with Gasteiger partial charge in [0.2, 0.25) is 5.95 Å². The van der Waals surface area contributed by atoms with Crippen LogP contribution in [0, 0.1) is 0 Å². The topological polar surface area (TPSA) is 125 Å². The highest BCUT2D eigenvalue weighted by atomic mass is 16.6. The van der Waals surface area contributed by atoms with E-state index in [0.29, 0.717) is 24.1 Å². The van der Waals surface area contributed by atoms with Crippen LogP contribution in [-0.2, 0) is 9.47 Å². The molecule has 27 heavy (non-hydrogen) atoms. The zero-order valence-electron chi connectivity index (χ0n) is 14.7. The molecule has 0 bridgehead atoms. The van der Waals surface area contributed by atoms with Crippen molar-refractivity contribution in [2.24, 2.45) is 0 Å². The summed E-state index contributed by atoms with van der Waals surface area (Å²) in [5, 5.41) is 0. The van der Waals surface area contributed by atoms with Crippen molar-refractivity contribution in [2.45, 2.75) is 38.2 Å². The molecule has 3 heterocycles. The molecule has 0 saturated carbocycles. The Balaban J connectivity index is 1.58. The molecule has 0 radical (unpaired) electrons. The van der Waals surface area contributed by atoms with Crippen LogP contribution in [0.1, 0.15) is 36.4 Å². The molecule has 0 aliphatic carbocycles. The minimum atomic E-state index is -0.456. The van der Waals surface area contributed by atoms with Gasteiger partial charge in [-0.3, -0.25) is 14.3 Å². The smallest absolute Gasteiger partial charge is 0.338 e. The van der Waals surface area contributed by atoms with E-state index >= 15 is 0 Å². The molecular weight excluding hydrogens is 350 g/mol. The number of aromatic amines is 1. The summed E-state index contributed by atoms with van der Waals surface area (Å²) in [6, 6.07) is 8.82. The fourth-order valence-corrected chi connectivity index (χ4v) is 3.29. The van der Waals surface area contributed by atoms with Crippen LogP contribution in [0.3, 0.4) is 0 Å². The highest BCUT2D eigenvalue weighted by Gasteiger charge is 2.38. The number of carbonyl (C=O) groups excluding carboxylic acids is 1. The number of ether oxygens (including phenoxy) is 2. The maximum atomic E-state index is 12.4. The molecule has 1 aliphatic rings. The summed E-state index contributed by atoms with van der Waals surface area (Å²) in [5.41, 5.74) is 6.25. The number of carbonyl (C=O) groups is 1. The second-order valence-corrected chi connectivity index (χ2v) is 6.36. The molecule has 1 fully saturated rings. The van der Waals surface area contributed by atoms with Crippen LogP contribution < -0.4 is 11.3 Å². The third-order valence-corrected chi connectivity index (χ3v) is 4.61. The van der Waals surface area contributed by atoms with Crippen LogP contribution >= 0.6 is 0 Å². The van der Waals surface area contributed by atoms with Crippen LogP contribution in [0.25, 0.3) is 11.2 Å². The number of nitrogens with zero attached hydrogens (tertiary/aromatic N) is 3. The van der Waals surface area contributed by atoms with E-state index in [2.05, 4.69) is 15.0 Å². The molecule has 9 heteroatoms. The fraction of sp³-hybridized carbons (Fsp3) is 0.333. The normalized spacial score (nSPS) is 22.2. The first-order valence-corrected chi connectivity index (χ1v) is 8.70. The van der Waals surface area contributed by atoms with Gasteiger partial charge in [0.15, 0.2) is 11.2 Å². The first-order valence-electron chi connectivity index (χ1n) is 8.70. The standard InChI is InChI=1S/C18H19N5O4/c1-2-11-12(27-17(25)10-6-4-3-5-7-10)8-13(26-11)23-9-20-14-15(23)21-18(19)22-16(14)24/h3-7,9,11-13H,2,8H2,1H3,(H3,19,21,22,24)/t11-,12?,13-/m1/s1. The van der Waals surface area contributed by atoms with Gasteiger partial charge in [0.25, 0.3) is 5.56 Å². The van der Waals surface area contributed by atoms with Gasteiger partial charge in [0.1, 0.15) is 12.3 Å². The van der Waals surface area contributed by atoms with Crippen molar-refractivity contribution in [3.05, 3.63) is 52.6 Å². The van der Waals surface area contributed by atoms with Crippen LogP contribution in [0.5, 0.6) is 0 Å². The number of esters is 1. The Labute approximate surface area is 154 Å². The molecule has 0 spiro atoms. The van der Waals surface area contributed by atoms with Crippen LogP contribution in [-0.4, -0.2) is 37.7 Å². The predicted octanol–water partition coefficient (Wildman–Crippen LogP) is 1.62. The van der Waals surface area contributed by atoms with Crippen LogP contribution in [0.2, 0.25) is 0 Å². The number of benzene rings is 1. The van der Waals surface area contributed by atoms with Gasteiger partial charge >= 0.3 is 5.97 Å². The molecule has 0 amide bonds. The molecule has 3 atom stereocenters. The number of nitrogens with one attached hydrogen (secondary N) is 1. The number of nitrogen functional groups attached to an aromatic ring is 1. The molecule has 3 aromatic rings. The molecule has 1 aliphatic heterocycles. The number of anilines is 1. The lowest BCUT2D eigenvalue weighted by Crippen LogP contribution is -2.26. The summed E-state index contributed by atoms with van der Waals surface area (Å²) in [6.45, 7) is 1.96. The summed E-state index contributed by atoms with van der Waals surface area (Å²) in [7, 11) is 0. The summed E-state index contributed by atoms with van der Waals surface area (Å²) in [4.78, 5) is 35.0. The van der Waals surface area contributed by atoms with E-state index in [1.165, 1.54) is 6.33 Å². The Kier molecular flexibility index (Phi) is 4.36. The van der Waals surface area contributed by atoms with E-state index < -0.39 is 23.9 Å². The lowest BCUT2D eigenvalue weighted by molar-refractivity contribution is -0.0285. The predicted molar refractivity (Wildman–Crippen MR) is 97.0 cm³/mol.